The van der Waals surface area contributed by atoms with Gasteiger partial charge in [-0.1, -0.05) is 29.8 Å². The summed E-state index contributed by atoms with van der Waals surface area (Å²) in [6.45, 7) is 1.62. The Morgan fingerprint density at radius 3 is 2.85 bits per heavy atom. The van der Waals surface area contributed by atoms with Crippen LogP contribution in [0, 0.1) is 0 Å². The third-order valence-electron chi connectivity index (χ3n) is 2.98. The Hall–Kier alpha value is -1.62. The molecule has 0 aliphatic carbocycles. The molecule has 0 radical (unpaired) electrons. The summed E-state index contributed by atoms with van der Waals surface area (Å²) < 4.78 is 1.89. The number of hydrogen-bond acceptors (Lipinski definition) is 3. The van der Waals surface area contributed by atoms with E-state index in [1.165, 1.54) is 10.4 Å². The summed E-state index contributed by atoms with van der Waals surface area (Å²) in [6.07, 6.45) is 3.75. The summed E-state index contributed by atoms with van der Waals surface area (Å²) in [5.41, 5.74) is 2.33. The molecular formula is C15H14ClN3S. The summed E-state index contributed by atoms with van der Waals surface area (Å²) in [5.74, 6) is 0. The molecule has 0 saturated heterocycles. The average molecular weight is 304 g/mol. The molecule has 0 fully saturated rings. The molecule has 3 rings (SSSR count). The van der Waals surface area contributed by atoms with Crippen molar-refractivity contribution in [2.45, 2.75) is 13.1 Å². The summed E-state index contributed by atoms with van der Waals surface area (Å²) in [6, 6.07) is 12.2. The molecule has 20 heavy (non-hydrogen) atoms. The monoisotopic (exact) mass is 303 g/mol. The number of aromatic nitrogens is 2. The van der Waals surface area contributed by atoms with E-state index in [0.29, 0.717) is 0 Å². The fraction of sp³-hybridized carbons (Fsp3) is 0.133. The van der Waals surface area contributed by atoms with Gasteiger partial charge in [0.05, 0.1) is 10.7 Å². The van der Waals surface area contributed by atoms with Crippen LogP contribution in [-0.2, 0) is 13.1 Å². The highest BCUT2D eigenvalue weighted by molar-refractivity contribution is 7.10. The smallest absolute Gasteiger partial charge is 0.0690 e. The second-order valence-corrected chi connectivity index (χ2v) is 5.85. The van der Waals surface area contributed by atoms with Crippen molar-refractivity contribution in [2.24, 2.45) is 0 Å². The molecule has 2 aromatic heterocycles. The standard InChI is InChI=1S/C15H14ClN3S/c16-13-8-14(20-11-13)10-17-9-12-4-1-2-5-15(12)19-7-3-6-18-19/h1-8,11,17H,9-10H2. The fourth-order valence-electron chi connectivity index (χ4n) is 2.06. The van der Waals surface area contributed by atoms with Gasteiger partial charge in [-0.2, -0.15) is 5.10 Å². The molecule has 102 valence electrons. The number of halogens is 1. The zero-order chi connectivity index (χ0) is 13.8. The van der Waals surface area contributed by atoms with Crippen molar-refractivity contribution in [3.8, 4) is 5.69 Å². The highest BCUT2D eigenvalue weighted by Crippen LogP contribution is 2.19. The van der Waals surface area contributed by atoms with Crippen LogP contribution in [0.5, 0.6) is 0 Å². The van der Waals surface area contributed by atoms with Gasteiger partial charge in [-0.15, -0.1) is 11.3 Å². The van der Waals surface area contributed by atoms with E-state index in [1.807, 2.05) is 40.5 Å². The second kappa shape index (κ2) is 6.22. The van der Waals surface area contributed by atoms with Crippen LogP contribution < -0.4 is 5.32 Å². The molecule has 5 heteroatoms. The van der Waals surface area contributed by atoms with Gasteiger partial charge in [0.1, 0.15) is 0 Å². The van der Waals surface area contributed by atoms with E-state index < -0.39 is 0 Å². The molecule has 0 unspecified atom stereocenters. The number of thiophene rings is 1. The van der Waals surface area contributed by atoms with Crippen molar-refractivity contribution < 1.29 is 0 Å². The Labute approximate surface area is 126 Å². The Bertz CT molecular complexity index is 676. The topological polar surface area (TPSA) is 29.9 Å². The predicted molar refractivity (Wildman–Crippen MR) is 83.4 cm³/mol. The second-order valence-electron chi connectivity index (χ2n) is 4.41. The maximum atomic E-state index is 5.92. The van der Waals surface area contributed by atoms with Crippen LogP contribution in [0.1, 0.15) is 10.4 Å². The summed E-state index contributed by atoms with van der Waals surface area (Å²) >= 11 is 7.59. The van der Waals surface area contributed by atoms with Crippen molar-refractivity contribution in [3.63, 3.8) is 0 Å². The minimum absolute atomic E-state index is 0.797. The maximum Gasteiger partial charge on any atom is 0.0690 e. The quantitative estimate of drug-likeness (QED) is 0.775. The molecular weight excluding hydrogens is 290 g/mol. The van der Waals surface area contributed by atoms with Crippen LogP contribution in [0.2, 0.25) is 5.02 Å². The lowest BCUT2D eigenvalue weighted by molar-refractivity contribution is 0.693. The van der Waals surface area contributed by atoms with Crippen LogP contribution in [0.3, 0.4) is 0 Å². The first-order chi connectivity index (χ1) is 9.83. The molecule has 0 saturated carbocycles. The zero-order valence-corrected chi connectivity index (χ0v) is 12.4. The van der Waals surface area contributed by atoms with E-state index >= 15 is 0 Å². The van der Waals surface area contributed by atoms with E-state index in [1.54, 1.807) is 17.5 Å². The van der Waals surface area contributed by atoms with Crippen LogP contribution in [-0.4, -0.2) is 9.78 Å². The Morgan fingerprint density at radius 2 is 2.10 bits per heavy atom. The molecule has 3 nitrogen and oxygen atoms in total. The number of para-hydroxylation sites is 1. The number of rotatable bonds is 5. The van der Waals surface area contributed by atoms with E-state index in [0.717, 1.165) is 23.8 Å². The highest BCUT2D eigenvalue weighted by atomic mass is 35.5. The van der Waals surface area contributed by atoms with Gasteiger partial charge in [-0.25, -0.2) is 4.68 Å². The van der Waals surface area contributed by atoms with Crippen molar-refractivity contribution in [3.05, 3.63) is 69.6 Å². The van der Waals surface area contributed by atoms with E-state index in [-0.39, 0.29) is 0 Å². The lowest BCUT2D eigenvalue weighted by Gasteiger charge is -2.10. The van der Waals surface area contributed by atoms with Crippen molar-refractivity contribution in [2.75, 3.05) is 0 Å². The molecule has 1 aromatic carbocycles. The minimum Gasteiger partial charge on any atom is -0.308 e. The maximum absolute atomic E-state index is 5.92. The van der Waals surface area contributed by atoms with Gasteiger partial charge < -0.3 is 5.32 Å². The van der Waals surface area contributed by atoms with Gasteiger partial charge in [0.25, 0.3) is 0 Å². The number of nitrogens with one attached hydrogen (secondary N) is 1. The Balaban J connectivity index is 1.68. The van der Waals surface area contributed by atoms with Crippen LogP contribution in [0.4, 0.5) is 0 Å². The summed E-state index contributed by atoms with van der Waals surface area (Å²) in [4.78, 5) is 1.24. The number of nitrogens with zero attached hydrogens (tertiary/aromatic N) is 2. The van der Waals surface area contributed by atoms with E-state index in [2.05, 4.69) is 22.5 Å². The van der Waals surface area contributed by atoms with E-state index in [9.17, 15) is 0 Å². The summed E-state index contributed by atoms with van der Waals surface area (Å²) in [7, 11) is 0. The molecule has 0 amide bonds. The number of hydrogen-bond donors (Lipinski definition) is 1. The highest BCUT2D eigenvalue weighted by Gasteiger charge is 2.04. The largest absolute Gasteiger partial charge is 0.308 e. The molecule has 0 aliphatic heterocycles. The van der Waals surface area contributed by atoms with Gasteiger partial charge in [-0.3, -0.25) is 0 Å². The van der Waals surface area contributed by atoms with Gasteiger partial charge in [-0.05, 0) is 23.8 Å². The van der Waals surface area contributed by atoms with Crippen molar-refractivity contribution in [1.29, 1.82) is 0 Å². The molecule has 0 atom stereocenters. The summed E-state index contributed by atoms with van der Waals surface area (Å²) in [5, 5.41) is 10.5. The van der Waals surface area contributed by atoms with Crippen LogP contribution in [0.15, 0.2) is 54.2 Å². The normalized spacial score (nSPS) is 10.8. The molecule has 0 bridgehead atoms. The van der Waals surface area contributed by atoms with Crippen molar-refractivity contribution in [1.82, 2.24) is 15.1 Å². The lowest BCUT2D eigenvalue weighted by Crippen LogP contribution is -2.14. The molecule has 0 spiro atoms. The van der Waals surface area contributed by atoms with Crippen LogP contribution >= 0.6 is 22.9 Å². The molecule has 2 heterocycles. The first-order valence-corrected chi connectivity index (χ1v) is 7.60. The van der Waals surface area contributed by atoms with E-state index in [4.69, 9.17) is 11.6 Å². The average Bonchev–Trinajstić information content (AvgIpc) is 3.11. The Morgan fingerprint density at radius 1 is 1.20 bits per heavy atom. The van der Waals surface area contributed by atoms with Gasteiger partial charge in [0, 0.05) is 35.7 Å². The molecule has 3 aromatic rings. The lowest BCUT2D eigenvalue weighted by atomic mass is 10.2. The fourth-order valence-corrected chi connectivity index (χ4v) is 3.10. The first-order valence-electron chi connectivity index (χ1n) is 6.34. The third kappa shape index (κ3) is 3.10. The number of benzene rings is 1. The van der Waals surface area contributed by atoms with Gasteiger partial charge in [0.2, 0.25) is 0 Å². The van der Waals surface area contributed by atoms with Gasteiger partial charge in [0.15, 0.2) is 0 Å². The predicted octanol–water partition coefficient (Wildman–Crippen LogP) is 3.88. The van der Waals surface area contributed by atoms with Crippen LogP contribution in [0.25, 0.3) is 5.69 Å². The Kier molecular flexibility index (Phi) is 4.16. The molecule has 1 N–H and O–H groups in total. The zero-order valence-electron chi connectivity index (χ0n) is 10.8. The third-order valence-corrected chi connectivity index (χ3v) is 4.26. The van der Waals surface area contributed by atoms with Crippen molar-refractivity contribution >= 4 is 22.9 Å². The SMILES string of the molecule is Clc1csc(CNCc2ccccc2-n2cccn2)c1. The molecule has 0 aliphatic rings. The first kappa shape index (κ1) is 13.4. The minimum atomic E-state index is 0.797. The van der Waals surface area contributed by atoms with Gasteiger partial charge >= 0.3 is 0 Å².